The Labute approximate surface area is 178 Å². The molecule has 0 saturated carbocycles. The van der Waals surface area contributed by atoms with Crippen LogP contribution < -0.4 is 16.4 Å². The average molecular weight is 418 g/mol. The number of urea groups is 2. The maximum atomic E-state index is 11.3. The zero-order valence-corrected chi connectivity index (χ0v) is 17.3. The van der Waals surface area contributed by atoms with E-state index in [1.54, 1.807) is 15.9 Å². The lowest BCUT2D eigenvalue weighted by atomic mass is 10.3. The fourth-order valence-corrected chi connectivity index (χ4v) is 2.62. The lowest BCUT2D eigenvalue weighted by Gasteiger charge is -2.23. The molecule has 0 bridgehead atoms. The zero-order valence-electron chi connectivity index (χ0n) is 17.3. The van der Waals surface area contributed by atoms with E-state index in [1.807, 2.05) is 0 Å². The molecule has 0 aromatic rings. The van der Waals surface area contributed by atoms with Crippen molar-refractivity contribution >= 4 is 12.1 Å². The van der Waals surface area contributed by atoms with E-state index in [0.717, 1.165) is 26.2 Å². The molecular formula is C19H31N9O2. The van der Waals surface area contributed by atoms with Gasteiger partial charge in [0, 0.05) is 84.4 Å². The Morgan fingerprint density at radius 3 is 1.77 bits per heavy atom. The molecule has 2 aliphatic heterocycles. The predicted molar refractivity (Wildman–Crippen MR) is 112 cm³/mol. The van der Waals surface area contributed by atoms with Gasteiger partial charge in [-0.1, -0.05) is 6.58 Å². The van der Waals surface area contributed by atoms with Crippen molar-refractivity contribution in [2.45, 2.75) is 12.8 Å². The minimum Gasteiger partial charge on any atom is -0.336 e. The number of amides is 4. The molecule has 0 unspecified atom stereocenters. The number of hydrogen-bond donors (Lipinski definition) is 3. The van der Waals surface area contributed by atoms with Crippen LogP contribution >= 0.6 is 0 Å². The van der Waals surface area contributed by atoms with E-state index in [0.29, 0.717) is 52.1 Å². The van der Waals surface area contributed by atoms with Crippen LogP contribution in [-0.2, 0) is 0 Å². The summed E-state index contributed by atoms with van der Waals surface area (Å²) in [5.41, 5.74) is 5.25. The predicted octanol–water partition coefficient (Wildman–Crippen LogP) is -0.193. The topological polar surface area (TPSA) is 165 Å². The van der Waals surface area contributed by atoms with Gasteiger partial charge in [-0.25, -0.2) is 9.59 Å². The lowest BCUT2D eigenvalue weighted by molar-refractivity contribution is 0.202. The second kappa shape index (κ2) is 17.7. The Morgan fingerprint density at radius 1 is 0.967 bits per heavy atom. The summed E-state index contributed by atoms with van der Waals surface area (Å²) in [5, 5.41) is 30.0. The molecule has 4 N–H and O–H groups in total. The van der Waals surface area contributed by atoms with Crippen LogP contribution in [0.2, 0.25) is 0 Å². The van der Waals surface area contributed by atoms with E-state index in [2.05, 4.69) is 34.3 Å². The third-order valence-corrected chi connectivity index (χ3v) is 4.15. The van der Waals surface area contributed by atoms with Gasteiger partial charge in [-0.2, -0.15) is 15.8 Å². The van der Waals surface area contributed by atoms with Crippen LogP contribution in [0, 0.1) is 34.0 Å². The van der Waals surface area contributed by atoms with Crippen molar-refractivity contribution in [3.63, 3.8) is 0 Å². The van der Waals surface area contributed by atoms with Crippen LogP contribution in [0.25, 0.3) is 0 Å². The van der Waals surface area contributed by atoms with Crippen molar-refractivity contribution in [3.8, 4) is 18.2 Å². The van der Waals surface area contributed by atoms with E-state index < -0.39 is 0 Å². The molecule has 11 nitrogen and oxygen atoms in total. The number of rotatable bonds is 9. The van der Waals surface area contributed by atoms with Crippen LogP contribution in [0.1, 0.15) is 12.8 Å². The Hall–Kier alpha value is -3.33. The molecule has 0 aromatic heterocycles. The second-order valence-electron chi connectivity index (χ2n) is 6.22. The molecule has 11 heteroatoms. The molecule has 0 radical (unpaired) electrons. The summed E-state index contributed by atoms with van der Waals surface area (Å²) in [6.07, 6.45) is 2.09. The molecule has 0 atom stereocenters. The Kier molecular flexibility index (Phi) is 15.8. The first-order chi connectivity index (χ1) is 14.5. The first kappa shape index (κ1) is 26.7. The molecule has 2 heterocycles. The largest absolute Gasteiger partial charge is 0.336 e. The molecule has 2 saturated heterocycles. The summed E-state index contributed by atoms with van der Waals surface area (Å²) in [4.78, 5) is 27.5. The van der Waals surface area contributed by atoms with Crippen molar-refractivity contribution < 1.29 is 9.59 Å². The standard InChI is InChI=1S/C11H17N5O.C5H11N3O.C3H3N/c12-3-1-6-15(7-2-4-13)9-10-16-8-5-14-11(16)17;6-1-3-8-4-2-7-5(8)9;1-2-3-4/h1-2,5-10H2,(H,14,17);1-4,6H2,(H,7,9);2H,1H2. The van der Waals surface area contributed by atoms with Gasteiger partial charge in [0.1, 0.15) is 0 Å². The fraction of sp³-hybridized carbons (Fsp3) is 0.632. The molecule has 2 fully saturated rings. The minimum atomic E-state index is -0.0227. The highest BCUT2D eigenvalue weighted by atomic mass is 16.2. The smallest absolute Gasteiger partial charge is 0.317 e. The first-order valence-corrected chi connectivity index (χ1v) is 9.76. The molecule has 0 spiro atoms. The Morgan fingerprint density at radius 2 is 1.43 bits per heavy atom. The molecule has 30 heavy (non-hydrogen) atoms. The van der Waals surface area contributed by atoms with E-state index in [-0.39, 0.29) is 12.1 Å². The summed E-state index contributed by atoms with van der Waals surface area (Å²) >= 11 is 0. The third kappa shape index (κ3) is 12.2. The van der Waals surface area contributed by atoms with E-state index in [1.165, 1.54) is 6.08 Å². The van der Waals surface area contributed by atoms with Gasteiger partial charge < -0.3 is 26.2 Å². The molecule has 164 valence electrons. The number of nitrogens with two attached hydrogens (primary N) is 1. The monoisotopic (exact) mass is 417 g/mol. The molecule has 4 amide bonds. The normalized spacial score (nSPS) is 14.2. The Bertz CT molecular complexity index is 630. The number of carbonyl (C=O) groups excluding carboxylic acids is 2. The van der Waals surface area contributed by atoms with Crippen LogP contribution in [0.3, 0.4) is 0 Å². The van der Waals surface area contributed by atoms with Crippen molar-refractivity contribution in [1.82, 2.24) is 25.3 Å². The highest BCUT2D eigenvalue weighted by Gasteiger charge is 2.19. The van der Waals surface area contributed by atoms with Crippen molar-refractivity contribution in [2.24, 2.45) is 5.73 Å². The highest BCUT2D eigenvalue weighted by molar-refractivity contribution is 5.76. The fourth-order valence-electron chi connectivity index (χ4n) is 2.62. The molecule has 2 rings (SSSR count). The molecule has 2 aliphatic rings. The van der Waals surface area contributed by atoms with Gasteiger partial charge in [0.05, 0.1) is 18.2 Å². The van der Waals surface area contributed by atoms with Gasteiger partial charge in [0.15, 0.2) is 0 Å². The second-order valence-corrected chi connectivity index (χ2v) is 6.22. The van der Waals surface area contributed by atoms with Crippen LogP contribution in [0.15, 0.2) is 12.7 Å². The zero-order chi connectivity index (χ0) is 22.6. The van der Waals surface area contributed by atoms with Crippen molar-refractivity contribution in [3.05, 3.63) is 12.7 Å². The number of carbonyl (C=O) groups is 2. The molecule has 0 aromatic carbocycles. The van der Waals surface area contributed by atoms with Gasteiger partial charge in [-0.3, -0.25) is 4.90 Å². The number of nitriles is 3. The quantitative estimate of drug-likeness (QED) is 0.437. The maximum absolute atomic E-state index is 11.3. The van der Waals surface area contributed by atoms with Crippen LogP contribution in [-0.4, -0.2) is 92.2 Å². The highest BCUT2D eigenvalue weighted by Crippen LogP contribution is 1.99. The van der Waals surface area contributed by atoms with Gasteiger partial charge in [-0.05, 0) is 0 Å². The summed E-state index contributed by atoms with van der Waals surface area (Å²) in [6.45, 7) is 10.0. The minimum absolute atomic E-state index is 0.0143. The summed E-state index contributed by atoms with van der Waals surface area (Å²) in [6, 6.07) is 5.87. The van der Waals surface area contributed by atoms with Gasteiger partial charge in [-0.15, -0.1) is 0 Å². The van der Waals surface area contributed by atoms with Crippen molar-refractivity contribution in [2.75, 3.05) is 65.4 Å². The van der Waals surface area contributed by atoms with Crippen LogP contribution in [0.4, 0.5) is 9.59 Å². The average Bonchev–Trinajstić information content (AvgIpc) is 3.36. The molecule has 0 aliphatic carbocycles. The number of hydrogen-bond acceptors (Lipinski definition) is 7. The molecular weight excluding hydrogens is 386 g/mol. The van der Waals surface area contributed by atoms with E-state index in [9.17, 15) is 9.59 Å². The van der Waals surface area contributed by atoms with E-state index in [4.69, 9.17) is 21.5 Å². The summed E-state index contributed by atoms with van der Waals surface area (Å²) < 4.78 is 0. The third-order valence-electron chi connectivity index (χ3n) is 4.15. The summed E-state index contributed by atoms with van der Waals surface area (Å²) in [7, 11) is 0. The number of nitrogens with one attached hydrogen (secondary N) is 2. The van der Waals surface area contributed by atoms with Gasteiger partial charge in [0.25, 0.3) is 0 Å². The lowest BCUT2D eigenvalue weighted by Crippen LogP contribution is -2.37. The van der Waals surface area contributed by atoms with E-state index >= 15 is 0 Å². The maximum Gasteiger partial charge on any atom is 0.317 e. The Balaban J connectivity index is 0.000000537. The number of allylic oxidation sites excluding steroid dienone is 1. The van der Waals surface area contributed by atoms with Crippen LogP contribution in [0.5, 0.6) is 0 Å². The first-order valence-electron chi connectivity index (χ1n) is 9.76. The summed E-state index contributed by atoms with van der Waals surface area (Å²) in [5.74, 6) is 0. The van der Waals surface area contributed by atoms with Gasteiger partial charge >= 0.3 is 12.1 Å². The van der Waals surface area contributed by atoms with Gasteiger partial charge in [0.2, 0.25) is 0 Å². The SMILES string of the molecule is C=CC#N.N#CCCN(CCC#N)CCN1CCNC1=O.NCCN1CCNC1=O. The van der Waals surface area contributed by atoms with Crippen molar-refractivity contribution in [1.29, 1.82) is 15.8 Å². The number of nitrogens with zero attached hydrogens (tertiary/aromatic N) is 6.